The van der Waals surface area contributed by atoms with E-state index in [2.05, 4.69) is 19.2 Å². The Morgan fingerprint density at radius 1 is 1.33 bits per heavy atom. The smallest absolute Gasteiger partial charge is 0.254 e. The molecule has 1 heterocycles. The van der Waals surface area contributed by atoms with E-state index in [1.807, 2.05) is 24.3 Å². The molecule has 0 saturated heterocycles. The zero-order chi connectivity index (χ0) is 16.7. The maximum absolute atomic E-state index is 12.1. The summed E-state index contributed by atoms with van der Waals surface area (Å²) in [5.41, 5.74) is 6.90. The van der Waals surface area contributed by atoms with Gasteiger partial charge in [0.15, 0.2) is 0 Å². The summed E-state index contributed by atoms with van der Waals surface area (Å²) < 4.78 is 11.0. The minimum atomic E-state index is -0.189. The van der Waals surface area contributed by atoms with Gasteiger partial charge in [-0.1, -0.05) is 32.0 Å². The number of para-hydroxylation sites is 1. The second-order valence-electron chi connectivity index (χ2n) is 5.83. The Balaban J connectivity index is 0.00000288. The third kappa shape index (κ3) is 5.91. The predicted molar refractivity (Wildman–Crippen MR) is 96.4 cm³/mol. The third-order valence-electron chi connectivity index (χ3n) is 3.48. The van der Waals surface area contributed by atoms with E-state index in [1.54, 1.807) is 6.07 Å². The molecule has 0 unspecified atom stereocenters. The van der Waals surface area contributed by atoms with Gasteiger partial charge in [-0.05, 0) is 24.5 Å². The normalized spacial score (nSPS) is 10.3. The molecular weight excluding hydrogens is 328 g/mol. The molecule has 2 rings (SSSR count). The molecule has 3 N–H and O–H groups in total. The van der Waals surface area contributed by atoms with E-state index in [0.717, 1.165) is 17.7 Å². The van der Waals surface area contributed by atoms with Gasteiger partial charge in [-0.2, -0.15) is 0 Å². The van der Waals surface area contributed by atoms with E-state index in [9.17, 15) is 4.79 Å². The van der Waals surface area contributed by atoms with Crippen LogP contribution in [0.3, 0.4) is 0 Å². The molecule has 0 bridgehead atoms. The molecule has 0 aliphatic rings. The average Bonchev–Trinajstić information content (AvgIpc) is 3.02. The molecule has 0 fully saturated rings. The first-order chi connectivity index (χ1) is 11.1. The van der Waals surface area contributed by atoms with Gasteiger partial charge >= 0.3 is 0 Å². The van der Waals surface area contributed by atoms with E-state index in [-0.39, 0.29) is 24.9 Å². The first-order valence-electron chi connectivity index (χ1n) is 7.86. The fourth-order valence-electron chi connectivity index (χ4n) is 2.08. The molecule has 0 saturated carbocycles. The lowest BCUT2D eigenvalue weighted by Gasteiger charge is -2.13. The first-order valence-corrected chi connectivity index (χ1v) is 7.86. The van der Waals surface area contributed by atoms with E-state index in [1.165, 1.54) is 6.26 Å². The number of hydrogen-bond acceptors (Lipinski definition) is 4. The van der Waals surface area contributed by atoms with Gasteiger partial charge in [0.2, 0.25) is 0 Å². The number of rotatable bonds is 8. The number of ether oxygens (including phenoxy) is 1. The topological polar surface area (TPSA) is 77.5 Å². The van der Waals surface area contributed by atoms with E-state index in [0.29, 0.717) is 30.4 Å². The summed E-state index contributed by atoms with van der Waals surface area (Å²) in [6.07, 6.45) is 2.42. The van der Waals surface area contributed by atoms with Crippen molar-refractivity contribution in [2.24, 2.45) is 11.7 Å². The van der Waals surface area contributed by atoms with Crippen LogP contribution in [-0.4, -0.2) is 12.5 Å². The Hall–Kier alpha value is -1.98. The number of carbonyl (C=O) groups is 1. The highest BCUT2D eigenvalue weighted by Gasteiger charge is 2.11. The van der Waals surface area contributed by atoms with Crippen molar-refractivity contribution < 1.29 is 13.9 Å². The molecule has 1 aromatic carbocycles. The third-order valence-corrected chi connectivity index (χ3v) is 3.48. The van der Waals surface area contributed by atoms with Gasteiger partial charge in [-0.25, -0.2) is 0 Å². The first kappa shape index (κ1) is 20.1. The monoisotopic (exact) mass is 352 g/mol. The molecule has 0 aliphatic heterocycles. The van der Waals surface area contributed by atoms with Gasteiger partial charge < -0.3 is 20.2 Å². The fourth-order valence-corrected chi connectivity index (χ4v) is 2.08. The van der Waals surface area contributed by atoms with Crippen molar-refractivity contribution >= 4 is 18.3 Å². The standard InChI is InChI=1S/C18H24N2O3.ClH/c1-13(2)7-8-22-17-6-4-3-5-14(17)11-20-18(21)15-9-16(10-19)23-12-15;/h3-6,9,12-13H,7-8,10-11,19H2,1-2H3,(H,20,21);1H. The van der Waals surface area contributed by atoms with Gasteiger partial charge in [-0.3, -0.25) is 4.79 Å². The second kappa shape index (κ2) is 10.0. The van der Waals surface area contributed by atoms with Gasteiger partial charge in [0, 0.05) is 12.1 Å². The van der Waals surface area contributed by atoms with E-state index < -0.39 is 0 Å². The van der Waals surface area contributed by atoms with Gasteiger partial charge in [0.1, 0.15) is 17.8 Å². The number of nitrogens with two attached hydrogens (primary N) is 1. The zero-order valence-electron chi connectivity index (χ0n) is 14.1. The van der Waals surface area contributed by atoms with Crippen LogP contribution >= 0.6 is 12.4 Å². The zero-order valence-corrected chi connectivity index (χ0v) is 14.9. The number of halogens is 1. The molecule has 2 aromatic rings. The van der Waals surface area contributed by atoms with E-state index in [4.69, 9.17) is 14.9 Å². The highest BCUT2D eigenvalue weighted by molar-refractivity contribution is 5.93. The lowest BCUT2D eigenvalue weighted by atomic mass is 10.1. The molecule has 0 spiro atoms. The predicted octanol–water partition coefficient (Wildman–Crippen LogP) is 3.52. The van der Waals surface area contributed by atoms with Crippen LogP contribution in [0.1, 0.15) is 41.9 Å². The fraction of sp³-hybridized carbons (Fsp3) is 0.389. The molecule has 0 aliphatic carbocycles. The molecule has 0 radical (unpaired) electrons. The maximum Gasteiger partial charge on any atom is 0.254 e. The summed E-state index contributed by atoms with van der Waals surface area (Å²) in [4.78, 5) is 12.1. The Bertz CT molecular complexity index is 641. The number of benzene rings is 1. The minimum absolute atomic E-state index is 0. The van der Waals surface area contributed by atoms with Crippen molar-refractivity contribution in [2.75, 3.05) is 6.61 Å². The van der Waals surface area contributed by atoms with Crippen LogP contribution in [0.2, 0.25) is 0 Å². The molecule has 132 valence electrons. The number of nitrogens with one attached hydrogen (secondary N) is 1. The highest BCUT2D eigenvalue weighted by atomic mass is 35.5. The minimum Gasteiger partial charge on any atom is -0.493 e. The van der Waals surface area contributed by atoms with Crippen LogP contribution in [0.5, 0.6) is 5.75 Å². The van der Waals surface area contributed by atoms with Crippen molar-refractivity contribution in [3.05, 3.63) is 53.5 Å². The summed E-state index contributed by atoms with van der Waals surface area (Å²) in [5.74, 6) is 1.81. The maximum atomic E-state index is 12.1. The molecule has 0 atom stereocenters. The molecular formula is C18H25ClN2O3. The molecule has 1 amide bonds. The van der Waals surface area contributed by atoms with Crippen LogP contribution in [0.25, 0.3) is 0 Å². The summed E-state index contributed by atoms with van der Waals surface area (Å²) in [6, 6.07) is 9.39. The summed E-state index contributed by atoms with van der Waals surface area (Å²) in [5, 5.41) is 2.87. The SMILES string of the molecule is CC(C)CCOc1ccccc1CNC(=O)c1coc(CN)c1.Cl. The lowest BCUT2D eigenvalue weighted by Crippen LogP contribution is -2.22. The highest BCUT2D eigenvalue weighted by Crippen LogP contribution is 2.19. The van der Waals surface area contributed by atoms with Crippen molar-refractivity contribution in [1.82, 2.24) is 5.32 Å². The Kier molecular flexibility index (Phi) is 8.36. The average molecular weight is 353 g/mol. The van der Waals surface area contributed by atoms with Gasteiger partial charge in [-0.15, -0.1) is 12.4 Å². The summed E-state index contributed by atoms with van der Waals surface area (Å²) in [7, 11) is 0. The Morgan fingerprint density at radius 2 is 2.08 bits per heavy atom. The number of hydrogen-bond donors (Lipinski definition) is 2. The van der Waals surface area contributed by atoms with Crippen LogP contribution < -0.4 is 15.8 Å². The largest absolute Gasteiger partial charge is 0.493 e. The second-order valence-corrected chi connectivity index (χ2v) is 5.83. The Morgan fingerprint density at radius 3 is 2.75 bits per heavy atom. The quantitative estimate of drug-likeness (QED) is 0.762. The molecule has 5 nitrogen and oxygen atoms in total. The van der Waals surface area contributed by atoms with E-state index >= 15 is 0 Å². The molecule has 1 aromatic heterocycles. The van der Waals surface area contributed by atoms with Crippen LogP contribution in [-0.2, 0) is 13.1 Å². The molecule has 24 heavy (non-hydrogen) atoms. The number of amides is 1. The van der Waals surface area contributed by atoms with Crippen molar-refractivity contribution in [1.29, 1.82) is 0 Å². The Labute approximate surface area is 149 Å². The summed E-state index contributed by atoms with van der Waals surface area (Å²) >= 11 is 0. The van der Waals surface area contributed by atoms with Crippen molar-refractivity contribution in [3.8, 4) is 5.75 Å². The van der Waals surface area contributed by atoms with Gasteiger partial charge in [0.05, 0.1) is 18.7 Å². The summed E-state index contributed by atoms with van der Waals surface area (Å²) in [6.45, 7) is 5.68. The van der Waals surface area contributed by atoms with Crippen LogP contribution in [0, 0.1) is 5.92 Å². The van der Waals surface area contributed by atoms with Crippen LogP contribution in [0.15, 0.2) is 41.0 Å². The van der Waals surface area contributed by atoms with Crippen molar-refractivity contribution in [2.45, 2.75) is 33.4 Å². The number of furan rings is 1. The van der Waals surface area contributed by atoms with Crippen molar-refractivity contribution in [3.63, 3.8) is 0 Å². The van der Waals surface area contributed by atoms with Gasteiger partial charge in [0.25, 0.3) is 5.91 Å². The van der Waals surface area contributed by atoms with Crippen LogP contribution in [0.4, 0.5) is 0 Å². The molecule has 6 heteroatoms. The lowest BCUT2D eigenvalue weighted by molar-refractivity contribution is 0.0950. The number of carbonyl (C=O) groups excluding carboxylic acids is 1.